The fourth-order valence-electron chi connectivity index (χ4n) is 2.19. The maximum Gasteiger partial charge on any atom is 0.141 e. The van der Waals surface area contributed by atoms with E-state index in [2.05, 4.69) is 31.3 Å². The Hall–Kier alpha value is -0.900. The SMILES string of the molecule is CCNC(Cc1ccc(F)c(Cl)c1)c1ccc(CC)s1. The zero-order valence-corrected chi connectivity index (χ0v) is 13.3. The Kier molecular flexibility index (Phi) is 5.58. The number of hydrogen-bond acceptors (Lipinski definition) is 2. The molecule has 0 bridgehead atoms. The van der Waals surface area contributed by atoms with Gasteiger partial charge in [0.25, 0.3) is 0 Å². The lowest BCUT2D eigenvalue weighted by Crippen LogP contribution is -2.22. The van der Waals surface area contributed by atoms with Crippen LogP contribution in [0.1, 0.15) is 35.2 Å². The molecule has 1 unspecified atom stereocenters. The van der Waals surface area contributed by atoms with Crippen LogP contribution in [-0.2, 0) is 12.8 Å². The summed E-state index contributed by atoms with van der Waals surface area (Å²) in [7, 11) is 0. The van der Waals surface area contributed by atoms with Crippen LogP contribution in [0.4, 0.5) is 4.39 Å². The summed E-state index contributed by atoms with van der Waals surface area (Å²) in [5, 5.41) is 3.69. The first-order valence-corrected chi connectivity index (χ1v) is 8.09. The largest absolute Gasteiger partial charge is 0.309 e. The summed E-state index contributed by atoms with van der Waals surface area (Å²) in [4.78, 5) is 2.71. The monoisotopic (exact) mass is 311 g/mol. The van der Waals surface area contributed by atoms with Crippen LogP contribution >= 0.6 is 22.9 Å². The van der Waals surface area contributed by atoms with Crippen LogP contribution in [0.25, 0.3) is 0 Å². The molecule has 1 nitrogen and oxygen atoms in total. The Morgan fingerprint density at radius 2 is 2.05 bits per heavy atom. The minimum absolute atomic E-state index is 0.193. The molecule has 1 atom stereocenters. The number of benzene rings is 1. The topological polar surface area (TPSA) is 12.0 Å². The zero-order chi connectivity index (χ0) is 14.5. The molecule has 0 spiro atoms. The van der Waals surface area contributed by atoms with Gasteiger partial charge in [0.15, 0.2) is 0 Å². The molecule has 1 aromatic carbocycles. The molecule has 1 aromatic heterocycles. The van der Waals surface area contributed by atoms with Crippen LogP contribution in [0, 0.1) is 5.82 Å². The third-order valence-corrected chi connectivity index (χ3v) is 4.88. The lowest BCUT2D eigenvalue weighted by molar-refractivity contribution is 0.557. The molecule has 0 aliphatic heterocycles. The van der Waals surface area contributed by atoms with E-state index < -0.39 is 0 Å². The lowest BCUT2D eigenvalue weighted by Gasteiger charge is -2.16. The van der Waals surface area contributed by atoms with E-state index >= 15 is 0 Å². The van der Waals surface area contributed by atoms with Crippen LogP contribution in [-0.4, -0.2) is 6.54 Å². The van der Waals surface area contributed by atoms with Crippen molar-refractivity contribution in [3.8, 4) is 0 Å². The zero-order valence-electron chi connectivity index (χ0n) is 11.7. The first-order valence-electron chi connectivity index (χ1n) is 6.90. The second kappa shape index (κ2) is 7.21. The van der Waals surface area contributed by atoms with Crippen molar-refractivity contribution in [3.05, 3.63) is 56.5 Å². The first kappa shape index (κ1) is 15.5. The number of hydrogen-bond donors (Lipinski definition) is 1. The van der Waals surface area contributed by atoms with Gasteiger partial charge in [-0.2, -0.15) is 0 Å². The van der Waals surface area contributed by atoms with Gasteiger partial charge >= 0.3 is 0 Å². The van der Waals surface area contributed by atoms with E-state index in [0.29, 0.717) is 0 Å². The van der Waals surface area contributed by atoms with Gasteiger partial charge in [0, 0.05) is 15.8 Å². The summed E-state index contributed by atoms with van der Waals surface area (Å²) in [6.45, 7) is 5.16. The molecule has 2 aromatic rings. The summed E-state index contributed by atoms with van der Waals surface area (Å²) in [5.41, 5.74) is 1.05. The van der Waals surface area contributed by atoms with Crippen LogP contribution < -0.4 is 5.32 Å². The Morgan fingerprint density at radius 1 is 1.25 bits per heavy atom. The summed E-state index contributed by atoms with van der Waals surface area (Å²) in [6, 6.07) is 9.58. The summed E-state index contributed by atoms with van der Waals surface area (Å²) in [5.74, 6) is -0.361. The average Bonchev–Trinajstić information content (AvgIpc) is 2.91. The summed E-state index contributed by atoms with van der Waals surface area (Å²) >= 11 is 7.69. The standard InChI is InChI=1S/C16H19ClFNS/c1-3-12-6-8-16(20-12)15(19-4-2)10-11-5-7-14(18)13(17)9-11/h5-9,15,19H,3-4,10H2,1-2H3. The highest BCUT2D eigenvalue weighted by Crippen LogP contribution is 2.27. The minimum atomic E-state index is -0.361. The predicted octanol–water partition coefficient (Wildman–Crippen LogP) is 5.00. The molecule has 0 fully saturated rings. The predicted molar refractivity (Wildman–Crippen MR) is 85.2 cm³/mol. The van der Waals surface area contributed by atoms with Gasteiger partial charge in [-0.05, 0) is 49.2 Å². The van der Waals surface area contributed by atoms with Gasteiger partial charge in [0.05, 0.1) is 5.02 Å². The maximum absolute atomic E-state index is 13.2. The fraction of sp³-hybridized carbons (Fsp3) is 0.375. The molecular weight excluding hydrogens is 293 g/mol. The Labute approximate surface area is 128 Å². The fourth-order valence-corrected chi connectivity index (χ4v) is 3.43. The van der Waals surface area contributed by atoms with Gasteiger partial charge in [-0.15, -0.1) is 11.3 Å². The smallest absolute Gasteiger partial charge is 0.141 e. The van der Waals surface area contributed by atoms with Crippen molar-refractivity contribution in [3.63, 3.8) is 0 Å². The van der Waals surface area contributed by atoms with Crippen molar-refractivity contribution >= 4 is 22.9 Å². The van der Waals surface area contributed by atoms with Crippen LogP contribution in [0.2, 0.25) is 5.02 Å². The van der Waals surface area contributed by atoms with E-state index in [1.165, 1.54) is 15.8 Å². The molecule has 4 heteroatoms. The quantitative estimate of drug-likeness (QED) is 0.792. The van der Waals surface area contributed by atoms with Gasteiger partial charge in [-0.1, -0.05) is 31.5 Å². The second-order valence-corrected chi connectivity index (χ2v) is 6.33. The highest BCUT2D eigenvalue weighted by Gasteiger charge is 2.14. The molecule has 0 radical (unpaired) electrons. The van der Waals surface area contributed by atoms with E-state index in [9.17, 15) is 4.39 Å². The van der Waals surface area contributed by atoms with Crippen molar-refractivity contribution in [2.45, 2.75) is 32.7 Å². The molecule has 2 rings (SSSR count). The number of rotatable bonds is 6. The molecule has 1 N–H and O–H groups in total. The summed E-state index contributed by atoms with van der Waals surface area (Å²) < 4.78 is 13.2. The molecule has 20 heavy (non-hydrogen) atoms. The Morgan fingerprint density at radius 3 is 2.65 bits per heavy atom. The third kappa shape index (κ3) is 3.81. The third-order valence-electron chi connectivity index (χ3n) is 3.25. The van der Waals surface area contributed by atoms with Gasteiger partial charge in [-0.25, -0.2) is 4.39 Å². The average molecular weight is 312 g/mol. The molecule has 0 amide bonds. The molecule has 0 aliphatic rings. The lowest BCUT2D eigenvalue weighted by atomic mass is 10.0. The van der Waals surface area contributed by atoms with Crippen LogP contribution in [0.15, 0.2) is 30.3 Å². The molecule has 0 aliphatic carbocycles. The van der Waals surface area contributed by atoms with Crippen molar-refractivity contribution in [1.82, 2.24) is 5.32 Å². The van der Waals surface area contributed by atoms with Gasteiger partial charge < -0.3 is 5.32 Å². The Balaban J connectivity index is 2.18. The highest BCUT2D eigenvalue weighted by molar-refractivity contribution is 7.12. The normalized spacial score (nSPS) is 12.6. The maximum atomic E-state index is 13.2. The number of thiophene rings is 1. The van der Waals surface area contributed by atoms with Crippen molar-refractivity contribution < 1.29 is 4.39 Å². The van der Waals surface area contributed by atoms with E-state index in [4.69, 9.17) is 11.6 Å². The molecule has 108 valence electrons. The Bertz CT molecular complexity index is 567. The molecule has 1 heterocycles. The van der Waals surface area contributed by atoms with Gasteiger partial charge in [0.2, 0.25) is 0 Å². The molecule has 0 saturated heterocycles. The highest BCUT2D eigenvalue weighted by atomic mass is 35.5. The van der Waals surface area contributed by atoms with Crippen molar-refractivity contribution in [2.24, 2.45) is 0 Å². The van der Waals surface area contributed by atoms with E-state index in [1.807, 2.05) is 11.3 Å². The van der Waals surface area contributed by atoms with Crippen molar-refractivity contribution in [2.75, 3.05) is 6.54 Å². The van der Waals surface area contributed by atoms with Crippen LogP contribution in [0.3, 0.4) is 0 Å². The second-order valence-electron chi connectivity index (χ2n) is 4.72. The van der Waals surface area contributed by atoms with E-state index in [-0.39, 0.29) is 16.9 Å². The number of halogens is 2. The molecular formula is C16H19ClFNS. The number of aryl methyl sites for hydroxylation is 1. The van der Waals surface area contributed by atoms with E-state index in [0.717, 1.165) is 24.9 Å². The van der Waals surface area contributed by atoms with Gasteiger partial charge in [-0.3, -0.25) is 0 Å². The van der Waals surface area contributed by atoms with Crippen molar-refractivity contribution in [1.29, 1.82) is 0 Å². The van der Waals surface area contributed by atoms with Crippen LogP contribution in [0.5, 0.6) is 0 Å². The number of nitrogens with one attached hydrogen (secondary N) is 1. The van der Waals surface area contributed by atoms with E-state index in [1.54, 1.807) is 12.1 Å². The molecule has 0 saturated carbocycles. The minimum Gasteiger partial charge on any atom is -0.309 e. The van der Waals surface area contributed by atoms with Gasteiger partial charge in [0.1, 0.15) is 5.82 Å². The summed E-state index contributed by atoms with van der Waals surface area (Å²) in [6.07, 6.45) is 1.88. The number of likely N-dealkylation sites (N-methyl/N-ethyl adjacent to an activating group) is 1. The first-order chi connectivity index (χ1) is 9.63.